The highest BCUT2D eigenvalue weighted by atomic mass is 19.1. The minimum absolute atomic E-state index is 0.00508. The summed E-state index contributed by atoms with van der Waals surface area (Å²) in [5, 5.41) is 21.3. The van der Waals surface area contributed by atoms with E-state index in [1.807, 2.05) is 0 Å². The average Bonchev–Trinajstić information content (AvgIpc) is 3.25. The number of benzene rings is 1. The zero-order valence-electron chi connectivity index (χ0n) is 19.3. The standard InChI is InChI=1S/C25H28FN5O3/c1-16-11-13-31(34)15-20(16)19-9-8-18(14-21(19)26)28-25(33)23(17-6-4-3-5-7-17)29-24(32)22-10-12-27-30(22)2/h8-15,17,23H,3-7H2,1-2H3,(H,28,33)(H,29,32). The van der Waals surface area contributed by atoms with Gasteiger partial charge in [0.15, 0.2) is 12.4 Å². The number of amides is 2. The molecule has 1 fully saturated rings. The zero-order chi connectivity index (χ0) is 24.2. The molecule has 1 aromatic carbocycles. The Morgan fingerprint density at radius 3 is 2.62 bits per heavy atom. The molecule has 0 radical (unpaired) electrons. The van der Waals surface area contributed by atoms with Crippen LogP contribution in [-0.2, 0) is 11.8 Å². The van der Waals surface area contributed by atoms with Gasteiger partial charge >= 0.3 is 0 Å². The molecule has 3 aromatic rings. The Balaban J connectivity index is 1.54. The average molecular weight is 466 g/mol. The van der Waals surface area contributed by atoms with Crippen molar-refractivity contribution < 1.29 is 18.7 Å². The number of aromatic nitrogens is 3. The molecule has 1 saturated carbocycles. The van der Waals surface area contributed by atoms with Crippen LogP contribution < -0.4 is 15.4 Å². The van der Waals surface area contributed by atoms with Crippen LogP contribution in [0.2, 0.25) is 0 Å². The van der Waals surface area contributed by atoms with Crippen LogP contribution in [0.15, 0.2) is 48.9 Å². The van der Waals surface area contributed by atoms with Crippen LogP contribution >= 0.6 is 0 Å². The van der Waals surface area contributed by atoms with E-state index in [2.05, 4.69) is 15.7 Å². The van der Waals surface area contributed by atoms with E-state index in [9.17, 15) is 19.2 Å². The summed E-state index contributed by atoms with van der Waals surface area (Å²) in [6.45, 7) is 1.80. The lowest BCUT2D eigenvalue weighted by Crippen LogP contribution is -2.49. The topological polar surface area (TPSA) is 103 Å². The third-order valence-electron chi connectivity index (χ3n) is 6.42. The van der Waals surface area contributed by atoms with E-state index in [-0.39, 0.29) is 29.0 Å². The maximum Gasteiger partial charge on any atom is 0.270 e. The molecule has 34 heavy (non-hydrogen) atoms. The normalized spacial score (nSPS) is 15.0. The number of nitrogens with zero attached hydrogens (tertiary/aromatic N) is 3. The Kier molecular flexibility index (Phi) is 6.90. The fourth-order valence-corrected chi connectivity index (χ4v) is 4.54. The molecule has 0 saturated heterocycles. The molecule has 0 spiro atoms. The van der Waals surface area contributed by atoms with Crippen molar-refractivity contribution in [3.8, 4) is 11.1 Å². The Bertz CT molecular complexity index is 1200. The van der Waals surface area contributed by atoms with Gasteiger partial charge in [0.1, 0.15) is 17.6 Å². The van der Waals surface area contributed by atoms with Crippen molar-refractivity contribution in [3.63, 3.8) is 0 Å². The van der Waals surface area contributed by atoms with Gasteiger partial charge < -0.3 is 15.8 Å². The van der Waals surface area contributed by atoms with Gasteiger partial charge in [0, 0.05) is 30.6 Å². The molecule has 8 nitrogen and oxygen atoms in total. The van der Waals surface area contributed by atoms with Crippen LogP contribution in [0.25, 0.3) is 11.1 Å². The fraction of sp³-hybridized carbons (Fsp3) is 0.360. The molecule has 1 aliphatic rings. The SMILES string of the molecule is Cc1cc[n+]([O-])cc1-c1ccc(NC(=O)C(NC(=O)c2ccnn2C)C2CCCCC2)cc1F. The van der Waals surface area contributed by atoms with E-state index in [0.29, 0.717) is 16.0 Å². The van der Waals surface area contributed by atoms with Gasteiger partial charge in [-0.3, -0.25) is 14.3 Å². The van der Waals surface area contributed by atoms with Crippen molar-refractivity contribution in [2.75, 3.05) is 5.32 Å². The number of halogens is 1. The summed E-state index contributed by atoms with van der Waals surface area (Å²) >= 11 is 0. The highest BCUT2D eigenvalue weighted by Gasteiger charge is 2.32. The number of nitrogens with one attached hydrogen (secondary N) is 2. The fourth-order valence-electron chi connectivity index (χ4n) is 4.54. The molecule has 2 N–H and O–H groups in total. The summed E-state index contributed by atoms with van der Waals surface area (Å²) in [5.41, 5.74) is 2.16. The third-order valence-corrected chi connectivity index (χ3v) is 6.42. The predicted molar refractivity (Wildman–Crippen MR) is 125 cm³/mol. The second-order valence-corrected chi connectivity index (χ2v) is 8.77. The van der Waals surface area contributed by atoms with Crippen molar-refractivity contribution in [2.45, 2.75) is 45.1 Å². The summed E-state index contributed by atoms with van der Waals surface area (Å²) in [6, 6.07) is 6.83. The summed E-state index contributed by atoms with van der Waals surface area (Å²) in [4.78, 5) is 26.1. The summed E-state index contributed by atoms with van der Waals surface area (Å²) in [6.07, 6.45) is 8.97. The Hall–Kier alpha value is -3.75. The number of carbonyl (C=O) groups is 2. The summed E-state index contributed by atoms with van der Waals surface area (Å²) < 4.78 is 17.0. The second kappa shape index (κ2) is 10.0. The maximum absolute atomic E-state index is 15.0. The number of carbonyl (C=O) groups excluding carboxylic acids is 2. The predicted octanol–water partition coefficient (Wildman–Crippen LogP) is 3.49. The number of hydrogen-bond acceptors (Lipinski definition) is 4. The van der Waals surface area contributed by atoms with Crippen LogP contribution in [-0.4, -0.2) is 27.6 Å². The Morgan fingerprint density at radius 2 is 1.94 bits per heavy atom. The van der Waals surface area contributed by atoms with Crippen molar-refractivity contribution in [3.05, 3.63) is 71.2 Å². The molecular weight excluding hydrogens is 437 g/mol. The number of hydrogen-bond donors (Lipinski definition) is 2. The van der Waals surface area contributed by atoms with Gasteiger partial charge in [0.25, 0.3) is 5.91 Å². The summed E-state index contributed by atoms with van der Waals surface area (Å²) in [7, 11) is 1.66. The van der Waals surface area contributed by atoms with Gasteiger partial charge in [-0.15, -0.1) is 0 Å². The van der Waals surface area contributed by atoms with Crippen LogP contribution in [0, 0.1) is 23.9 Å². The molecule has 0 aliphatic heterocycles. The first-order valence-corrected chi connectivity index (χ1v) is 11.4. The van der Waals surface area contributed by atoms with Gasteiger partial charge in [0.05, 0.1) is 5.56 Å². The van der Waals surface area contributed by atoms with Crippen molar-refractivity contribution in [2.24, 2.45) is 13.0 Å². The van der Waals surface area contributed by atoms with Crippen molar-refractivity contribution >= 4 is 17.5 Å². The van der Waals surface area contributed by atoms with Crippen molar-refractivity contribution in [1.29, 1.82) is 0 Å². The smallest absolute Gasteiger partial charge is 0.270 e. The van der Waals surface area contributed by atoms with Crippen LogP contribution in [0.4, 0.5) is 10.1 Å². The number of aryl methyl sites for hydroxylation is 2. The van der Waals surface area contributed by atoms with Gasteiger partial charge in [-0.05, 0) is 55.5 Å². The highest BCUT2D eigenvalue weighted by molar-refractivity contribution is 6.00. The van der Waals surface area contributed by atoms with E-state index in [1.54, 1.807) is 32.2 Å². The molecule has 1 atom stereocenters. The van der Waals surface area contributed by atoms with Crippen LogP contribution in [0.1, 0.15) is 48.2 Å². The molecule has 1 unspecified atom stereocenters. The monoisotopic (exact) mass is 465 g/mol. The lowest BCUT2D eigenvalue weighted by atomic mass is 9.83. The first-order chi connectivity index (χ1) is 16.3. The molecule has 1 aliphatic carbocycles. The van der Waals surface area contributed by atoms with Gasteiger partial charge in [-0.2, -0.15) is 9.83 Å². The van der Waals surface area contributed by atoms with E-state index in [1.165, 1.54) is 35.4 Å². The van der Waals surface area contributed by atoms with Gasteiger partial charge in [0.2, 0.25) is 5.91 Å². The molecule has 9 heteroatoms. The minimum Gasteiger partial charge on any atom is -0.619 e. The molecule has 178 valence electrons. The number of anilines is 1. The maximum atomic E-state index is 15.0. The quantitative estimate of drug-likeness (QED) is 0.430. The van der Waals surface area contributed by atoms with Crippen LogP contribution in [0.3, 0.4) is 0 Å². The molecule has 2 amide bonds. The molecular formula is C25H28FN5O3. The second-order valence-electron chi connectivity index (χ2n) is 8.77. The molecule has 0 bridgehead atoms. The lowest BCUT2D eigenvalue weighted by Gasteiger charge is -2.30. The molecule has 4 rings (SSSR count). The van der Waals surface area contributed by atoms with Crippen molar-refractivity contribution in [1.82, 2.24) is 15.1 Å². The number of pyridine rings is 1. The van der Waals surface area contributed by atoms with Gasteiger partial charge in [-0.1, -0.05) is 19.3 Å². The van der Waals surface area contributed by atoms with Gasteiger partial charge in [-0.25, -0.2) is 4.39 Å². The first kappa shape index (κ1) is 23.4. The third kappa shape index (κ3) is 5.08. The largest absolute Gasteiger partial charge is 0.619 e. The van der Waals surface area contributed by atoms with E-state index < -0.39 is 11.9 Å². The van der Waals surface area contributed by atoms with Crippen LogP contribution in [0.5, 0.6) is 0 Å². The summed E-state index contributed by atoms with van der Waals surface area (Å²) in [5.74, 6) is -1.32. The number of rotatable bonds is 6. The molecule has 2 heterocycles. The van der Waals surface area contributed by atoms with E-state index in [0.717, 1.165) is 37.7 Å². The minimum atomic E-state index is -0.749. The Morgan fingerprint density at radius 1 is 1.18 bits per heavy atom. The Labute approximate surface area is 197 Å². The van der Waals surface area contributed by atoms with E-state index in [4.69, 9.17) is 0 Å². The zero-order valence-corrected chi connectivity index (χ0v) is 19.3. The molecule has 2 aromatic heterocycles. The first-order valence-electron chi connectivity index (χ1n) is 11.4. The lowest BCUT2D eigenvalue weighted by molar-refractivity contribution is -0.604. The highest BCUT2D eigenvalue weighted by Crippen LogP contribution is 2.29. The van der Waals surface area contributed by atoms with E-state index >= 15 is 0 Å².